The summed E-state index contributed by atoms with van der Waals surface area (Å²) in [5.74, 6) is -0.0425. The standard InChI is InChI=1S/C17H14N4O/c18-17(20-19)15-5-6-16-14(9-15)7-8-21(16)10-12-1-3-13(11-22)4-2-12/h1-9,11,18-19H,10H2. The maximum Gasteiger partial charge on any atom is 0.173 e. The summed E-state index contributed by atoms with van der Waals surface area (Å²) in [7, 11) is 0. The molecule has 22 heavy (non-hydrogen) atoms. The van der Waals surface area contributed by atoms with Crippen LogP contribution >= 0.6 is 0 Å². The zero-order valence-electron chi connectivity index (χ0n) is 11.8. The molecule has 3 rings (SSSR count). The number of benzene rings is 2. The molecular formula is C17H14N4O. The Labute approximate surface area is 127 Å². The minimum atomic E-state index is -0.0425. The number of nitrogens with zero attached hydrogens (tertiary/aromatic N) is 2. The van der Waals surface area contributed by atoms with Crippen molar-refractivity contribution < 1.29 is 4.79 Å². The minimum Gasteiger partial charge on any atom is -0.343 e. The normalized spacial score (nSPS) is 10.5. The van der Waals surface area contributed by atoms with Crippen molar-refractivity contribution in [3.8, 4) is 0 Å². The average molecular weight is 290 g/mol. The van der Waals surface area contributed by atoms with Crippen molar-refractivity contribution in [2.24, 2.45) is 5.11 Å². The van der Waals surface area contributed by atoms with E-state index in [0.29, 0.717) is 17.7 Å². The van der Waals surface area contributed by atoms with E-state index in [1.807, 2.05) is 48.7 Å². The third-order valence-electron chi connectivity index (χ3n) is 3.62. The summed E-state index contributed by atoms with van der Waals surface area (Å²) in [5, 5.41) is 11.8. The average Bonchev–Trinajstić information content (AvgIpc) is 2.97. The summed E-state index contributed by atoms with van der Waals surface area (Å²) in [4.78, 5) is 10.7. The first-order chi connectivity index (χ1) is 10.7. The number of carbonyl (C=O) groups is 1. The second kappa shape index (κ2) is 5.73. The number of carbonyl (C=O) groups excluding carboxylic acids is 1. The van der Waals surface area contributed by atoms with Crippen LogP contribution in [0.1, 0.15) is 21.5 Å². The van der Waals surface area contributed by atoms with Crippen LogP contribution in [-0.2, 0) is 6.54 Å². The highest BCUT2D eigenvalue weighted by atomic mass is 16.1. The molecule has 5 heteroatoms. The lowest BCUT2D eigenvalue weighted by Gasteiger charge is -2.06. The van der Waals surface area contributed by atoms with Crippen LogP contribution in [-0.4, -0.2) is 16.7 Å². The van der Waals surface area contributed by atoms with E-state index in [4.69, 9.17) is 10.9 Å². The van der Waals surface area contributed by atoms with Gasteiger partial charge in [0.05, 0.1) is 0 Å². The molecule has 0 amide bonds. The molecule has 0 aliphatic carbocycles. The smallest absolute Gasteiger partial charge is 0.173 e. The van der Waals surface area contributed by atoms with E-state index in [1.165, 1.54) is 0 Å². The number of hydrogen-bond acceptors (Lipinski definition) is 3. The Kier molecular flexibility index (Phi) is 3.62. The third kappa shape index (κ3) is 2.56. The van der Waals surface area contributed by atoms with Crippen molar-refractivity contribution in [2.45, 2.75) is 6.54 Å². The first-order valence-electron chi connectivity index (χ1n) is 6.80. The van der Waals surface area contributed by atoms with Gasteiger partial charge in [0.1, 0.15) is 6.29 Å². The Balaban J connectivity index is 1.92. The van der Waals surface area contributed by atoms with Crippen molar-refractivity contribution in [1.29, 1.82) is 10.9 Å². The second-order valence-electron chi connectivity index (χ2n) is 5.04. The van der Waals surface area contributed by atoms with Gasteiger partial charge in [0, 0.05) is 34.8 Å². The van der Waals surface area contributed by atoms with Crippen molar-refractivity contribution >= 4 is 23.0 Å². The summed E-state index contributed by atoms with van der Waals surface area (Å²) in [6.07, 6.45) is 2.83. The summed E-state index contributed by atoms with van der Waals surface area (Å²) >= 11 is 0. The van der Waals surface area contributed by atoms with Gasteiger partial charge >= 0.3 is 0 Å². The molecule has 0 radical (unpaired) electrons. The van der Waals surface area contributed by atoms with Crippen LogP contribution in [0.5, 0.6) is 0 Å². The Morgan fingerprint density at radius 1 is 1.14 bits per heavy atom. The highest BCUT2D eigenvalue weighted by Crippen LogP contribution is 2.19. The fourth-order valence-corrected chi connectivity index (χ4v) is 2.45. The number of aromatic nitrogens is 1. The highest BCUT2D eigenvalue weighted by molar-refractivity contribution is 5.99. The maximum absolute atomic E-state index is 10.7. The van der Waals surface area contributed by atoms with Crippen molar-refractivity contribution in [3.05, 3.63) is 71.4 Å². The topological polar surface area (TPSA) is 82.1 Å². The van der Waals surface area contributed by atoms with Crippen molar-refractivity contribution in [1.82, 2.24) is 4.57 Å². The lowest BCUT2D eigenvalue weighted by atomic mass is 10.1. The number of aldehydes is 1. The summed E-state index contributed by atoms with van der Waals surface area (Å²) in [5.41, 5.74) is 10.4. The quantitative estimate of drug-likeness (QED) is 0.325. The molecule has 3 aromatic rings. The SMILES string of the molecule is N=NC(=N)c1ccc2c(ccn2Cc2ccc(C=O)cc2)c1. The maximum atomic E-state index is 10.7. The number of amidine groups is 1. The Hall–Kier alpha value is -3.08. The number of rotatable bonds is 4. The predicted octanol–water partition coefficient (Wildman–Crippen LogP) is 3.86. The van der Waals surface area contributed by atoms with Gasteiger partial charge in [-0.05, 0) is 29.8 Å². The number of fused-ring (bicyclic) bond motifs is 1. The molecule has 0 saturated heterocycles. The van der Waals surface area contributed by atoms with E-state index in [1.54, 1.807) is 6.07 Å². The fraction of sp³-hybridized carbons (Fsp3) is 0.0588. The van der Waals surface area contributed by atoms with E-state index < -0.39 is 0 Å². The lowest BCUT2D eigenvalue weighted by molar-refractivity contribution is 0.112. The Morgan fingerprint density at radius 3 is 2.59 bits per heavy atom. The molecule has 2 N–H and O–H groups in total. The van der Waals surface area contributed by atoms with Crippen LogP contribution in [0.4, 0.5) is 0 Å². The van der Waals surface area contributed by atoms with Crippen LogP contribution in [0.25, 0.3) is 10.9 Å². The second-order valence-corrected chi connectivity index (χ2v) is 5.04. The molecule has 0 saturated carbocycles. The molecule has 1 aromatic heterocycles. The van der Waals surface area contributed by atoms with Gasteiger partial charge in [0.25, 0.3) is 0 Å². The molecule has 0 aliphatic heterocycles. The van der Waals surface area contributed by atoms with E-state index in [2.05, 4.69) is 9.68 Å². The van der Waals surface area contributed by atoms with Gasteiger partial charge in [-0.15, -0.1) is 5.11 Å². The molecule has 0 aliphatic rings. The van der Waals surface area contributed by atoms with Crippen LogP contribution in [0.15, 0.2) is 59.8 Å². The van der Waals surface area contributed by atoms with Gasteiger partial charge in [-0.25, -0.2) is 5.53 Å². The molecule has 2 aromatic carbocycles. The van der Waals surface area contributed by atoms with Crippen LogP contribution in [0, 0.1) is 10.9 Å². The van der Waals surface area contributed by atoms with Crippen LogP contribution in [0.2, 0.25) is 0 Å². The first-order valence-corrected chi connectivity index (χ1v) is 6.80. The van der Waals surface area contributed by atoms with Crippen molar-refractivity contribution in [2.75, 3.05) is 0 Å². The molecule has 0 spiro atoms. The molecule has 108 valence electrons. The zero-order chi connectivity index (χ0) is 15.5. The molecule has 0 atom stereocenters. The molecule has 0 fully saturated rings. The molecule has 0 bridgehead atoms. The van der Waals surface area contributed by atoms with E-state index in [-0.39, 0.29) is 5.84 Å². The van der Waals surface area contributed by atoms with Crippen LogP contribution < -0.4 is 0 Å². The fourth-order valence-electron chi connectivity index (χ4n) is 2.45. The first kappa shape index (κ1) is 13.9. The van der Waals surface area contributed by atoms with Gasteiger partial charge in [0.15, 0.2) is 5.84 Å². The highest BCUT2D eigenvalue weighted by Gasteiger charge is 2.06. The molecule has 0 unspecified atom stereocenters. The molecule has 1 heterocycles. The zero-order valence-corrected chi connectivity index (χ0v) is 11.8. The van der Waals surface area contributed by atoms with Crippen LogP contribution in [0.3, 0.4) is 0 Å². The van der Waals surface area contributed by atoms with E-state index in [9.17, 15) is 4.79 Å². The molecular weight excluding hydrogens is 276 g/mol. The van der Waals surface area contributed by atoms with E-state index >= 15 is 0 Å². The van der Waals surface area contributed by atoms with Gasteiger partial charge < -0.3 is 4.57 Å². The van der Waals surface area contributed by atoms with Gasteiger partial charge in [-0.2, -0.15) is 0 Å². The lowest BCUT2D eigenvalue weighted by Crippen LogP contribution is -1.98. The Bertz CT molecular complexity index is 862. The van der Waals surface area contributed by atoms with Crippen molar-refractivity contribution in [3.63, 3.8) is 0 Å². The number of nitrogens with one attached hydrogen (secondary N) is 2. The summed E-state index contributed by atoms with van der Waals surface area (Å²) in [6, 6.07) is 15.1. The number of hydrogen-bond donors (Lipinski definition) is 2. The largest absolute Gasteiger partial charge is 0.343 e. The van der Waals surface area contributed by atoms with E-state index in [0.717, 1.165) is 22.8 Å². The summed E-state index contributed by atoms with van der Waals surface area (Å²) in [6.45, 7) is 0.711. The minimum absolute atomic E-state index is 0.0425. The monoisotopic (exact) mass is 290 g/mol. The predicted molar refractivity (Wildman–Crippen MR) is 84.8 cm³/mol. The third-order valence-corrected chi connectivity index (χ3v) is 3.62. The molecule has 5 nitrogen and oxygen atoms in total. The van der Waals surface area contributed by atoms with Gasteiger partial charge in [0.2, 0.25) is 0 Å². The Morgan fingerprint density at radius 2 is 1.91 bits per heavy atom. The van der Waals surface area contributed by atoms with Gasteiger partial charge in [-0.1, -0.05) is 24.3 Å². The van der Waals surface area contributed by atoms with Gasteiger partial charge in [-0.3, -0.25) is 10.2 Å². The summed E-state index contributed by atoms with van der Waals surface area (Å²) < 4.78 is 2.11.